The Morgan fingerprint density at radius 3 is 2.41 bits per heavy atom. The second kappa shape index (κ2) is 4.91. The molecule has 0 saturated heterocycles. The third kappa shape index (κ3) is 3.00. The molecule has 0 aliphatic heterocycles. The van der Waals surface area contributed by atoms with Crippen LogP contribution in [0.25, 0.3) is 0 Å². The normalized spacial score (nSPS) is 10.6. The van der Waals surface area contributed by atoms with Gasteiger partial charge in [-0.15, -0.1) is 0 Å². The van der Waals surface area contributed by atoms with Crippen LogP contribution in [-0.2, 0) is 0 Å². The largest absolute Gasteiger partial charge is 0.437 e. The summed E-state index contributed by atoms with van der Waals surface area (Å²) in [6, 6.07) is 6.51. The first kappa shape index (κ1) is 11.5. The van der Waals surface area contributed by atoms with Gasteiger partial charge in [-0.25, -0.2) is 9.97 Å². The molecule has 4 heteroatoms. The molecule has 2 rings (SSSR count). The minimum absolute atomic E-state index is 0.434. The highest BCUT2D eigenvalue weighted by atomic mass is 19.1. The molecule has 0 atom stereocenters. The maximum Gasteiger partial charge on any atom is 0.219 e. The summed E-state index contributed by atoms with van der Waals surface area (Å²) in [6.45, 7) is 4.20. The highest BCUT2D eigenvalue weighted by molar-refractivity contribution is 5.26. The predicted octanol–water partition coefficient (Wildman–Crippen LogP) is 3.53. The first-order valence-electron chi connectivity index (χ1n) is 5.40. The van der Waals surface area contributed by atoms with E-state index in [0.717, 1.165) is 5.56 Å². The van der Waals surface area contributed by atoms with E-state index in [2.05, 4.69) is 23.8 Å². The zero-order valence-electron chi connectivity index (χ0n) is 9.72. The van der Waals surface area contributed by atoms with Crippen molar-refractivity contribution < 1.29 is 9.13 Å². The van der Waals surface area contributed by atoms with Crippen LogP contribution in [0.4, 0.5) is 4.39 Å². The van der Waals surface area contributed by atoms with Crippen molar-refractivity contribution in [3.63, 3.8) is 0 Å². The van der Waals surface area contributed by atoms with E-state index in [1.165, 1.54) is 18.3 Å². The number of ether oxygens (including phenoxy) is 1. The third-order valence-corrected chi connectivity index (χ3v) is 2.35. The van der Waals surface area contributed by atoms with E-state index in [4.69, 9.17) is 4.74 Å². The van der Waals surface area contributed by atoms with Crippen LogP contribution in [0, 0.1) is 5.95 Å². The number of pyridine rings is 2. The molecule has 0 amide bonds. The molecule has 0 spiro atoms. The Bertz CT molecular complexity index is 480. The van der Waals surface area contributed by atoms with Crippen LogP contribution in [0.15, 0.2) is 36.7 Å². The second-order valence-electron chi connectivity index (χ2n) is 4.00. The van der Waals surface area contributed by atoms with E-state index < -0.39 is 5.95 Å². The molecular weight excluding hydrogens is 219 g/mol. The lowest BCUT2D eigenvalue weighted by Gasteiger charge is -2.07. The summed E-state index contributed by atoms with van der Waals surface area (Å²) in [5, 5.41) is 0. The zero-order chi connectivity index (χ0) is 12.3. The third-order valence-electron chi connectivity index (χ3n) is 2.35. The number of rotatable bonds is 3. The average molecular weight is 232 g/mol. The minimum atomic E-state index is -0.527. The van der Waals surface area contributed by atoms with Gasteiger partial charge in [0.05, 0.1) is 6.20 Å². The Kier molecular flexibility index (Phi) is 3.32. The van der Waals surface area contributed by atoms with E-state index in [0.29, 0.717) is 17.5 Å². The van der Waals surface area contributed by atoms with Crippen molar-refractivity contribution in [3.8, 4) is 11.6 Å². The van der Waals surface area contributed by atoms with Gasteiger partial charge >= 0.3 is 0 Å². The second-order valence-corrected chi connectivity index (χ2v) is 4.00. The molecule has 0 aliphatic carbocycles. The van der Waals surface area contributed by atoms with Gasteiger partial charge in [-0.3, -0.25) is 0 Å². The Labute approximate surface area is 99.3 Å². The van der Waals surface area contributed by atoms with E-state index in [1.807, 2.05) is 6.07 Å². The molecule has 0 N–H and O–H groups in total. The maximum atomic E-state index is 12.6. The summed E-state index contributed by atoms with van der Waals surface area (Å²) in [4.78, 5) is 7.68. The van der Waals surface area contributed by atoms with Crippen molar-refractivity contribution in [1.29, 1.82) is 0 Å². The summed E-state index contributed by atoms with van der Waals surface area (Å²) >= 11 is 0. The zero-order valence-corrected chi connectivity index (χ0v) is 9.72. The first-order valence-corrected chi connectivity index (χ1v) is 5.40. The standard InChI is InChI=1S/C13H13FN2O/c1-9(2)10-3-6-13(16-7-10)17-11-4-5-12(14)15-8-11/h3-9H,1-2H3. The van der Waals surface area contributed by atoms with Crippen LogP contribution < -0.4 is 4.74 Å². The predicted molar refractivity (Wildman–Crippen MR) is 62.6 cm³/mol. The van der Waals surface area contributed by atoms with Crippen LogP contribution in [0.3, 0.4) is 0 Å². The average Bonchev–Trinajstić information content (AvgIpc) is 2.33. The molecule has 0 aliphatic rings. The molecule has 2 heterocycles. The number of nitrogens with zero attached hydrogens (tertiary/aromatic N) is 2. The molecule has 0 saturated carbocycles. The molecule has 0 fully saturated rings. The Hall–Kier alpha value is -1.97. The molecule has 0 bridgehead atoms. The molecule has 17 heavy (non-hydrogen) atoms. The van der Waals surface area contributed by atoms with Gasteiger partial charge in [0, 0.05) is 12.3 Å². The van der Waals surface area contributed by atoms with Crippen LogP contribution in [0.1, 0.15) is 25.3 Å². The summed E-state index contributed by atoms with van der Waals surface area (Å²) in [5.74, 6) is 0.850. The molecule has 3 nitrogen and oxygen atoms in total. The van der Waals surface area contributed by atoms with Gasteiger partial charge in [0.25, 0.3) is 0 Å². The molecular formula is C13H13FN2O. The van der Waals surface area contributed by atoms with E-state index >= 15 is 0 Å². The molecule has 2 aromatic heterocycles. The van der Waals surface area contributed by atoms with E-state index in [9.17, 15) is 4.39 Å². The molecule has 88 valence electrons. The van der Waals surface area contributed by atoms with Crippen molar-refractivity contribution in [2.45, 2.75) is 19.8 Å². The topological polar surface area (TPSA) is 35.0 Å². The van der Waals surface area contributed by atoms with Crippen molar-refractivity contribution in [1.82, 2.24) is 9.97 Å². The monoisotopic (exact) mass is 232 g/mol. The van der Waals surface area contributed by atoms with Crippen LogP contribution in [0.5, 0.6) is 11.6 Å². The van der Waals surface area contributed by atoms with Gasteiger partial charge in [0.15, 0.2) is 0 Å². The van der Waals surface area contributed by atoms with Crippen LogP contribution in [0.2, 0.25) is 0 Å². The lowest BCUT2D eigenvalue weighted by atomic mass is 10.1. The van der Waals surface area contributed by atoms with Crippen molar-refractivity contribution in [3.05, 3.63) is 48.2 Å². The molecule has 0 radical (unpaired) electrons. The first-order chi connectivity index (χ1) is 8.15. The van der Waals surface area contributed by atoms with Crippen molar-refractivity contribution >= 4 is 0 Å². The highest BCUT2D eigenvalue weighted by Crippen LogP contribution is 2.20. The van der Waals surface area contributed by atoms with Crippen molar-refractivity contribution in [2.24, 2.45) is 0 Å². The van der Waals surface area contributed by atoms with Crippen molar-refractivity contribution in [2.75, 3.05) is 0 Å². The van der Waals surface area contributed by atoms with E-state index in [-0.39, 0.29) is 0 Å². The van der Waals surface area contributed by atoms with Gasteiger partial charge in [-0.1, -0.05) is 19.9 Å². The van der Waals surface area contributed by atoms with E-state index in [1.54, 1.807) is 12.3 Å². The van der Waals surface area contributed by atoms with Crippen LogP contribution >= 0.6 is 0 Å². The summed E-state index contributed by atoms with van der Waals surface area (Å²) in [6.07, 6.45) is 3.10. The lowest BCUT2D eigenvalue weighted by molar-refractivity contribution is 0.455. The quantitative estimate of drug-likeness (QED) is 0.759. The number of hydrogen-bond donors (Lipinski definition) is 0. The lowest BCUT2D eigenvalue weighted by Crippen LogP contribution is -1.92. The highest BCUT2D eigenvalue weighted by Gasteiger charge is 2.02. The summed E-state index contributed by atoms with van der Waals surface area (Å²) < 4.78 is 18.0. The number of halogens is 1. The maximum absolute atomic E-state index is 12.6. The van der Waals surface area contributed by atoms with Gasteiger partial charge in [0.1, 0.15) is 5.75 Å². The van der Waals surface area contributed by atoms with Gasteiger partial charge in [-0.2, -0.15) is 4.39 Å². The Morgan fingerprint density at radius 1 is 1.06 bits per heavy atom. The minimum Gasteiger partial charge on any atom is -0.437 e. The smallest absolute Gasteiger partial charge is 0.219 e. The summed E-state index contributed by atoms with van der Waals surface area (Å²) in [7, 11) is 0. The van der Waals surface area contributed by atoms with Gasteiger partial charge < -0.3 is 4.74 Å². The molecule has 2 aromatic rings. The SMILES string of the molecule is CC(C)c1ccc(Oc2ccc(F)nc2)nc1. The van der Waals surface area contributed by atoms with Crippen LogP contribution in [-0.4, -0.2) is 9.97 Å². The summed E-state index contributed by atoms with van der Waals surface area (Å²) in [5.41, 5.74) is 1.15. The number of hydrogen-bond acceptors (Lipinski definition) is 3. The Morgan fingerprint density at radius 2 is 1.88 bits per heavy atom. The molecule has 0 unspecified atom stereocenters. The number of aromatic nitrogens is 2. The van der Waals surface area contributed by atoms with Gasteiger partial charge in [0.2, 0.25) is 11.8 Å². The fourth-order valence-corrected chi connectivity index (χ4v) is 1.34. The van der Waals surface area contributed by atoms with Gasteiger partial charge in [-0.05, 0) is 23.6 Å². The molecule has 0 aromatic carbocycles. The fourth-order valence-electron chi connectivity index (χ4n) is 1.34. The fraction of sp³-hybridized carbons (Fsp3) is 0.231. The Balaban J connectivity index is 2.11.